The minimum absolute atomic E-state index is 1.22. The van der Waals surface area contributed by atoms with E-state index < -0.39 is 6.16 Å². The van der Waals surface area contributed by atoms with E-state index in [2.05, 4.69) is 4.84 Å². The minimum atomic E-state index is -1.60. The van der Waals surface area contributed by atoms with Crippen LogP contribution in [-0.4, -0.2) is 11.3 Å². The summed E-state index contributed by atoms with van der Waals surface area (Å²) in [6.45, 7) is 0. The van der Waals surface area contributed by atoms with Gasteiger partial charge in [0.05, 0.1) is 5.29 Å². The van der Waals surface area contributed by atoms with Gasteiger partial charge in [0.15, 0.2) is 0 Å². The predicted molar refractivity (Wildman–Crippen MR) is 18.0 cm³/mol. The van der Waals surface area contributed by atoms with E-state index in [-0.39, 0.29) is 0 Å². The van der Waals surface area contributed by atoms with Crippen LogP contribution in [0.4, 0.5) is 4.79 Å². The number of hydrogen-bond donors (Lipinski definition) is 2. The van der Waals surface area contributed by atoms with E-state index >= 15 is 0 Å². The Morgan fingerprint density at radius 1 is 1.86 bits per heavy atom. The molecule has 0 aromatic carbocycles. The Morgan fingerprint density at radius 3 is 2.57 bits per heavy atom. The second-order valence-corrected chi connectivity index (χ2v) is 0.551. The van der Waals surface area contributed by atoms with Gasteiger partial charge in [-0.1, -0.05) is 5.59 Å². The standard InChI is InChI=1S/CH2N2O4/c4-1(5)7-3-2-6/h(H,3,6)(H,4,5). The van der Waals surface area contributed by atoms with Crippen LogP contribution in [0.1, 0.15) is 0 Å². The molecule has 0 heterocycles. The van der Waals surface area contributed by atoms with Crippen LogP contribution in [0.5, 0.6) is 0 Å². The molecule has 0 unspecified atom stereocenters. The SMILES string of the molecule is O=NNOC(=O)O. The molecule has 0 saturated carbocycles. The van der Waals surface area contributed by atoms with Crippen molar-refractivity contribution in [2.24, 2.45) is 5.29 Å². The van der Waals surface area contributed by atoms with Gasteiger partial charge in [0.2, 0.25) is 0 Å². The van der Waals surface area contributed by atoms with Crippen LogP contribution in [-0.2, 0) is 4.84 Å². The molecule has 0 aliphatic carbocycles. The molecule has 0 rings (SSSR count). The predicted octanol–water partition coefficient (Wildman–Crippen LogP) is -0.133. The van der Waals surface area contributed by atoms with E-state index in [0.717, 1.165) is 0 Å². The summed E-state index contributed by atoms with van der Waals surface area (Å²) in [5.74, 6) is 0. The van der Waals surface area contributed by atoms with Crippen molar-refractivity contribution >= 4 is 6.16 Å². The fourth-order valence-corrected chi connectivity index (χ4v) is 0.0577. The van der Waals surface area contributed by atoms with Gasteiger partial charge in [-0.05, 0) is 0 Å². The van der Waals surface area contributed by atoms with Gasteiger partial charge >= 0.3 is 6.16 Å². The lowest BCUT2D eigenvalue weighted by atomic mass is 11.4. The first-order chi connectivity index (χ1) is 3.27. The third-order valence-corrected chi connectivity index (χ3v) is 0.170. The normalized spacial score (nSPS) is 6.86. The van der Waals surface area contributed by atoms with Crippen molar-refractivity contribution in [2.75, 3.05) is 0 Å². The van der Waals surface area contributed by atoms with Crippen LogP contribution in [0.15, 0.2) is 5.29 Å². The molecule has 0 aliphatic heterocycles. The third-order valence-electron chi connectivity index (χ3n) is 0.170. The molecule has 0 spiro atoms. The first-order valence-electron chi connectivity index (χ1n) is 1.24. The molecular weight excluding hydrogens is 104 g/mol. The molecule has 0 radical (unpaired) electrons. The molecule has 40 valence electrons. The molecule has 0 aliphatic rings. The number of nitrogens with one attached hydrogen (secondary N) is 1. The molecular formula is CH2N2O4. The topological polar surface area (TPSA) is 88.0 Å². The average molecular weight is 106 g/mol. The number of nitroso groups, excluding NO2 is 1. The second-order valence-electron chi connectivity index (χ2n) is 0.551. The number of carboxylic acid groups (broad SMARTS) is 1. The highest BCUT2D eigenvalue weighted by Crippen LogP contribution is 1.64. The molecule has 0 fully saturated rings. The van der Waals surface area contributed by atoms with Gasteiger partial charge in [0, 0.05) is 0 Å². The Hall–Kier alpha value is -1.33. The van der Waals surface area contributed by atoms with Crippen LogP contribution in [0.3, 0.4) is 0 Å². The van der Waals surface area contributed by atoms with E-state index in [0.29, 0.717) is 0 Å². The lowest BCUT2D eigenvalue weighted by molar-refractivity contribution is 0.0446. The summed E-state index contributed by atoms with van der Waals surface area (Å²) >= 11 is 0. The fourth-order valence-electron chi connectivity index (χ4n) is 0.0577. The maximum absolute atomic E-state index is 9.27. The van der Waals surface area contributed by atoms with Gasteiger partial charge in [-0.15, -0.1) is 4.91 Å². The van der Waals surface area contributed by atoms with Crippen molar-refractivity contribution < 1.29 is 14.7 Å². The van der Waals surface area contributed by atoms with Crippen LogP contribution >= 0.6 is 0 Å². The quantitative estimate of drug-likeness (QED) is 0.378. The van der Waals surface area contributed by atoms with Gasteiger partial charge in [-0.3, -0.25) is 4.84 Å². The van der Waals surface area contributed by atoms with Crippen molar-refractivity contribution in [2.45, 2.75) is 0 Å². The molecule has 6 nitrogen and oxygen atoms in total. The van der Waals surface area contributed by atoms with Gasteiger partial charge in [0.1, 0.15) is 0 Å². The zero-order chi connectivity index (χ0) is 5.70. The van der Waals surface area contributed by atoms with E-state index in [1.165, 1.54) is 5.59 Å². The summed E-state index contributed by atoms with van der Waals surface area (Å²) in [4.78, 5) is 21.6. The molecule has 6 heteroatoms. The van der Waals surface area contributed by atoms with E-state index in [1.807, 2.05) is 5.29 Å². The van der Waals surface area contributed by atoms with E-state index in [1.54, 1.807) is 0 Å². The van der Waals surface area contributed by atoms with Gasteiger partial charge in [0.25, 0.3) is 0 Å². The van der Waals surface area contributed by atoms with Crippen molar-refractivity contribution in [3.05, 3.63) is 4.91 Å². The number of carbonyl (C=O) groups is 1. The monoisotopic (exact) mass is 106 g/mol. The molecule has 0 bridgehead atoms. The maximum atomic E-state index is 9.27. The molecule has 0 aromatic rings. The van der Waals surface area contributed by atoms with Crippen LogP contribution in [0.2, 0.25) is 0 Å². The van der Waals surface area contributed by atoms with Gasteiger partial charge in [-0.2, -0.15) is 0 Å². The summed E-state index contributed by atoms with van der Waals surface area (Å²) in [6, 6.07) is 0. The molecule has 0 amide bonds. The van der Waals surface area contributed by atoms with Crippen LogP contribution in [0.25, 0.3) is 0 Å². The smallest absolute Gasteiger partial charge is 0.448 e. The fraction of sp³-hybridized carbons (Fsp3) is 0. The average Bonchev–Trinajstić information content (AvgIpc) is 1.61. The second kappa shape index (κ2) is 2.88. The lowest BCUT2D eigenvalue weighted by Crippen LogP contribution is -2.10. The largest absolute Gasteiger partial charge is 0.532 e. The van der Waals surface area contributed by atoms with Crippen LogP contribution < -0.4 is 5.59 Å². The van der Waals surface area contributed by atoms with Crippen molar-refractivity contribution in [3.8, 4) is 0 Å². The first-order valence-corrected chi connectivity index (χ1v) is 1.24. The Labute approximate surface area is 38.0 Å². The molecule has 0 saturated heterocycles. The van der Waals surface area contributed by atoms with Crippen molar-refractivity contribution in [1.29, 1.82) is 0 Å². The highest BCUT2D eigenvalue weighted by Gasteiger charge is 1.90. The Kier molecular flexibility index (Phi) is 2.34. The summed E-state index contributed by atoms with van der Waals surface area (Å²) in [5.41, 5.74) is 1.22. The first kappa shape index (κ1) is 5.67. The van der Waals surface area contributed by atoms with Crippen LogP contribution in [0, 0.1) is 4.91 Å². The number of rotatable bonds is 2. The highest BCUT2D eigenvalue weighted by atomic mass is 16.8. The zero-order valence-corrected chi connectivity index (χ0v) is 3.12. The number of nitrogens with zero attached hydrogens (tertiary/aromatic N) is 1. The van der Waals surface area contributed by atoms with E-state index in [9.17, 15) is 4.79 Å². The Morgan fingerprint density at radius 2 is 2.43 bits per heavy atom. The van der Waals surface area contributed by atoms with E-state index in [4.69, 9.17) is 10.0 Å². The van der Waals surface area contributed by atoms with Gasteiger partial charge in [-0.25, -0.2) is 4.79 Å². The third kappa shape index (κ3) is 4.67. The zero-order valence-electron chi connectivity index (χ0n) is 3.12. The summed E-state index contributed by atoms with van der Waals surface area (Å²) in [7, 11) is 0. The molecule has 0 atom stereocenters. The minimum Gasteiger partial charge on any atom is -0.448 e. The summed E-state index contributed by atoms with van der Waals surface area (Å²) < 4.78 is 0. The molecule has 2 N–H and O–H groups in total. The molecule has 0 aromatic heterocycles. The van der Waals surface area contributed by atoms with Crippen molar-refractivity contribution in [3.63, 3.8) is 0 Å². The molecule has 7 heavy (non-hydrogen) atoms. The maximum Gasteiger partial charge on any atom is 0.532 e. The highest BCUT2D eigenvalue weighted by molar-refractivity contribution is 5.56. The lowest BCUT2D eigenvalue weighted by Gasteiger charge is -1.86. The number of hydrogen-bond acceptors (Lipinski definition) is 4. The summed E-state index contributed by atoms with van der Waals surface area (Å²) in [6.07, 6.45) is -1.60. The Balaban J connectivity index is 2.97. The van der Waals surface area contributed by atoms with Crippen molar-refractivity contribution in [1.82, 2.24) is 5.59 Å². The summed E-state index contributed by atoms with van der Waals surface area (Å²) in [5, 5.41) is 9.43. The Bertz CT molecular complexity index is 79.8. The van der Waals surface area contributed by atoms with Gasteiger partial charge < -0.3 is 5.11 Å².